The molecule has 0 saturated heterocycles. The zero-order valence-corrected chi connectivity index (χ0v) is 7.77. The Labute approximate surface area is 77.4 Å². The van der Waals surface area contributed by atoms with E-state index in [2.05, 4.69) is 28.5 Å². The van der Waals surface area contributed by atoms with Crippen LogP contribution in [0.3, 0.4) is 0 Å². The summed E-state index contributed by atoms with van der Waals surface area (Å²) in [5, 5.41) is 19.7. The van der Waals surface area contributed by atoms with Crippen molar-refractivity contribution in [2.75, 3.05) is 0 Å². The number of nitrogens with zero attached hydrogens (tertiary/aromatic N) is 5. The molecule has 5 nitrogen and oxygen atoms in total. The number of nitriles is 1. The molecule has 1 rings (SSSR count). The van der Waals surface area contributed by atoms with Gasteiger partial charge in [0.1, 0.15) is 0 Å². The second kappa shape index (κ2) is 5.25. The minimum Gasteiger partial charge on any atom is -0.230 e. The molecule has 70 valence electrons. The van der Waals surface area contributed by atoms with Gasteiger partial charge in [0.25, 0.3) is 0 Å². The molecule has 0 radical (unpaired) electrons. The van der Waals surface area contributed by atoms with E-state index in [0.717, 1.165) is 31.6 Å². The molecule has 1 aromatic heterocycles. The van der Waals surface area contributed by atoms with E-state index in [-0.39, 0.29) is 0 Å². The first-order valence-corrected chi connectivity index (χ1v) is 4.50. The van der Waals surface area contributed by atoms with Gasteiger partial charge in [0, 0.05) is 19.4 Å². The Balaban J connectivity index is 2.46. The van der Waals surface area contributed by atoms with E-state index in [0.29, 0.717) is 6.42 Å². The van der Waals surface area contributed by atoms with Crippen LogP contribution in [0.5, 0.6) is 0 Å². The third kappa shape index (κ3) is 2.82. The lowest BCUT2D eigenvalue weighted by atomic mass is 10.3. The summed E-state index contributed by atoms with van der Waals surface area (Å²) >= 11 is 0. The first-order chi connectivity index (χ1) is 6.38. The fraction of sp³-hybridized carbons (Fsp3) is 0.750. The lowest BCUT2D eigenvalue weighted by Crippen LogP contribution is -2.05. The van der Waals surface area contributed by atoms with Gasteiger partial charge in [-0.3, -0.25) is 0 Å². The fourth-order valence-electron chi connectivity index (χ4n) is 1.11. The number of tetrazole rings is 1. The van der Waals surface area contributed by atoms with Crippen LogP contribution in [0.25, 0.3) is 0 Å². The normalized spacial score (nSPS) is 9.85. The van der Waals surface area contributed by atoms with Crippen molar-refractivity contribution in [3.63, 3.8) is 0 Å². The van der Waals surface area contributed by atoms with Crippen molar-refractivity contribution in [1.82, 2.24) is 20.2 Å². The summed E-state index contributed by atoms with van der Waals surface area (Å²) in [5.74, 6) is 0.917. The summed E-state index contributed by atoms with van der Waals surface area (Å²) in [6.45, 7) is 2.84. The van der Waals surface area contributed by atoms with Crippen molar-refractivity contribution in [2.45, 2.75) is 39.2 Å². The SMILES string of the molecule is CCCc1nnnn1CCCC#N. The molecular formula is C8H13N5. The number of hydrogen-bond donors (Lipinski definition) is 0. The van der Waals surface area contributed by atoms with Crippen LogP contribution in [0.15, 0.2) is 0 Å². The Hall–Kier alpha value is -1.44. The van der Waals surface area contributed by atoms with Crippen LogP contribution in [0, 0.1) is 11.3 Å². The predicted octanol–water partition coefficient (Wildman–Crippen LogP) is 0.929. The van der Waals surface area contributed by atoms with Gasteiger partial charge in [-0.1, -0.05) is 6.92 Å². The molecule has 5 heteroatoms. The minimum atomic E-state index is 0.561. The van der Waals surface area contributed by atoms with Gasteiger partial charge >= 0.3 is 0 Å². The van der Waals surface area contributed by atoms with Crippen molar-refractivity contribution in [3.8, 4) is 6.07 Å². The Morgan fingerprint density at radius 3 is 3.08 bits per heavy atom. The maximum absolute atomic E-state index is 8.36. The average molecular weight is 179 g/mol. The quantitative estimate of drug-likeness (QED) is 0.630. The molecular weight excluding hydrogens is 166 g/mol. The third-order valence-electron chi connectivity index (χ3n) is 1.74. The van der Waals surface area contributed by atoms with Gasteiger partial charge in [-0.05, 0) is 23.3 Å². The standard InChI is InChI=1S/C8H13N5/c1-2-5-8-10-11-12-13(8)7-4-3-6-9/h2-5,7H2,1H3. The van der Waals surface area contributed by atoms with Crippen molar-refractivity contribution in [2.24, 2.45) is 0 Å². The topological polar surface area (TPSA) is 67.4 Å². The molecule has 13 heavy (non-hydrogen) atoms. The summed E-state index contributed by atoms with van der Waals surface area (Å²) in [7, 11) is 0. The number of unbranched alkanes of at least 4 members (excludes halogenated alkanes) is 1. The maximum Gasteiger partial charge on any atom is 0.151 e. The van der Waals surface area contributed by atoms with E-state index >= 15 is 0 Å². The Morgan fingerprint density at radius 1 is 1.54 bits per heavy atom. The van der Waals surface area contributed by atoms with E-state index in [4.69, 9.17) is 5.26 Å². The summed E-state index contributed by atoms with van der Waals surface area (Å²) in [5.41, 5.74) is 0. The monoisotopic (exact) mass is 179 g/mol. The fourth-order valence-corrected chi connectivity index (χ4v) is 1.11. The molecule has 0 aliphatic rings. The Kier molecular flexibility index (Phi) is 3.89. The molecule has 0 aliphatic carbocycles. The smallest absolute Gasteiger partial charge is 0.151 e. The van der Waals surface area contributed by atoms with Crippen molar-refractivity contribution < 1.29 is 0 Å². The number of hydrogen-bond acceptors (Lipinski definition) is 4. The predicted molar refractivity (Wildman–Crippen MR) is 46.7 cm³/mol. The second-order valence-corrected chi connectivity index (χ2v) is 2.83. The van der Waals surface area contributed by atoms with Gasteiger partial charge in [0.15, 0.2) is 5.82 Å². The van der Waals surface area contributed by atoms with Crippen LogP contribution < -0.4 is 0 Å². The largest absolute Gasteiger partial charge is 0.230 e. The van der Waals surface area contributed by atoms with Gasteiger partial charge in [-0.2, -0.15) is 5.26 Å². The molecule has 0 spiro atoms. The lowest BCUT2D eigenvalue weighted by Gasteiger charge is -2.00. The van der Waals surface area contributed by atoms with Crippen LogP contribution in [0.1, 0.15) is 32.0 Å². The van der Waals surface area contributed by atoms with Gasteiger partial charge in [-0.15, -0.1) is 5.10 Å². The maximum atomic E-state index is 8.36. The zero-order chi connectivity index (χ0) is 9.52. The molecule has 0 atom stereocenters. The number of aryl methyl sites for hydroxylation is 2. The van der Waals surface area contributed by atoms with Gasteiger partial charge in [0.2, 0.25) is 0 Å². The highest BCUT2D eigenvalue weighted by Crippen LogP contribution is 1.99. The molecule has 0 fully saturated rings. The number of aromatic nitrogens is 4. The highest BCUT2D eigenvalue weighted by Gasteiger charge is 2.03. The zero-order valence-electron chi connectivity index (χ0n) is 7.77. The average Bonchev–Trinajstić information content (AvgIpc) is 2.54. The second-order valence-electron chi connectivity index (χ2n) is 2.83. The molecule has 0 unspecified atom stereocenters. The molecule has 1 aromatic rings. The molecule has 0 saturated carbocycles. The highest BCUT2D eigenvalue weighted by atomic mass is 15.5. The van der Waals surface area contributed by atoms with Gasteiger partial charge < -0.3 is 0 Å². The summed E-state index contributed by atoms with van der Waals surface area (Å²) in [6, 6.07) is 2.10. The van der Waals surface area contributed by atoms with Crippen molar-refractivity contribution in [3.05, 3.63) is 5.82 Å². The summed E-state index contributed by atoms with van der Waals surface area (Å²) in [6.07, 6.45) is 3.32. The minimum absolute atomic E-state index is 0.561. The van der Waals surface area contributed by atoms with Crippen LogP contribution in [-0.4, -0.2) is 20.2 Å². The lowest BCUT2D eigenvalue weighted by molar-refractivity contribution is 0.540. The van der Waals surface area contributed by atoms with Gasteiger partial charge in [0.05, 0.1) is 6.07 Å². The van der Waals surface area contributed by atoms with E-state index in [1.54, 1.807) is 4.68 Å². The molecule has 0 amide bonds. The van der Waals surface area contributed by atoms with E-state index in [1.807, 2.05) is 0 Å². The molecule has 0 N–H and O–H groups in total. The number of rotatable bonds is 5. The van der Waals surface area contributed by atoms with E-state index in [1.165, 1.54) is 0 Å². The van der Waals surface area contributed by atoms with Crippen LogP contribution in [0.2, 0.25) is 0 Å². The van der Waals surface area contributed by atoms with E-state index in [9.17, 15) is 0 Å². The first kappa shape index (κ1) is 9.65. The highest BCUT2D eigenvalue weighted by molar-refractivity contribution is 4.80. The molecule has 1 heterocycles. The Morgan fingerprint density at radius 2 is 2.38 bits per heavy atom. The summed E-state index contributed by atoms with van der Waals surface area (Å²) in [4.78, 5) is 0. The molecule has 0 bridgehead atoms. The van der Waals surface area contributed by atoms with Crippen LogP contribution in [-0.2, 0) is 13.0 Å². The molecule has 0 aromatic carbocycles. The van der Waals surface area contributed by atoms with Crippen molar-refractivity contribution in [1.29, 1.82) is 5.26 Å². The first-order valence-electron chi connectivity index (χ1n) is 4.50. The van der Waals surface area contributed by atoms with Gasteiger partial charge in [-0.25, -0.2) is 4.68 Å². The third-order valence-corrected chi connectivity index (χ3v) is 1.74. The van der Waals surface area contributed by atoms with Crippen LogP contribution in [0.4, 0.5) is 0 Å². The van der Waals surface area contributed by atoms with E-state index < -0.39 is 0 Å². The summed E-state index contributed by atoms with van der Waals surface area (Å²) < 4.78 is 1.78. The van der Waals surface area contributed by atoms with Crippen LogP contribution >= 0.6 is 0 Å². The van der Waals surface area contributed by atoms with Crippen molar-refractivity contribution >= 4 is 0 Å². The molecule has 0 aliphatic heterocycles. The Bertz CT molecular complexity index is 285.